The Balaban J connectivity index is 1.58. The summed E-state index contributed by atoms with van der Waals surface area (Å²) in [6, 6.07) is 6.02. The van der Waals surface area contributed by atoms with E-state index in [9.17, 15) is 4.79 Å². The van der Waals surface area contributed by atoms with E-state index in [2.05, 4.69) is 16.8 Å². The standard InChI is InChI=1S/C22H30ClN5OS/c1-13-5-4-6-15(16(13)23)30-17-19(25)26-21(27(3)20(17)29)28-11-9-22(10-12-28)8-7-14(2)18(22)24/h4-6,14,18H,7-12,24-25H2,1-3H3/t14-,18-/m1/s1. The van der Waals surface area contributed by atoms with E-state index in [1.807, 2.05) is 25.1 Å². The van der Waals surface area contributed by atoms with Crippen molar-refractivity contribution in [3.63, 3.8) is 0 Å². The smallest absolute Gasteiger partial charge is 0.270 e. The van der Waals surface area contributed by atoms with Gasteiger partial charge in [0.05, 0.1) is 5.02 Å². The molecule has 2 fully saturated rings. The lowest BCUT2D eigenvalue weighted by Crippen LogP contribution is -2.49. The van der Waals surface area contributed by atoms with E-state index in [0.29, 0.717) is 21.8 Å². The summed E-state index contributed by atoms with van der Waals surface area (Å²) < 4.78 is 1.61. The minimum Gasteiger partial charge on any atom is -0.382 e. The Hall–Kier alpha value is -1.70. The molecule has 2 heterocycles. The monoisotopic (exact) mass is 447 g/mol. The normalized spacial score (nSPS) is 23.3. The molecule has 0 radical (unpaired) electrons. The van der Waals surface area contributed by atoms with Gasteiger partial charge in [-0.05, 0) is 55.6 Å². The molecule has 1 aromatic heterocycles. The summed E-state index contributed by atoms with van der Waals surface area (Å²) in [4.78, 5) is 21.1. The first-order valence-electron chi connectivity index (χ1n) is 10.5. The van der Waals surface area contributed by atoms with E-state index in [4.69, 9.17) is 23.1 Å². The van der Waals surface area contributed by atoms with Crippen LogP contribution in [0.2, 0.25) is 5.02 Å². The Kier molecular flexibility index (Phi) is 5.81. The number of nitrogens with two attached hydrogens (primary N) is 2. The quantitative estimate of drug-likeness (QED) is 0.743. The second-order valence-corrected chi connectivity index (χ2v) is 10.3. The van der Waals surface area contributed by atoms with Crippen molar-refractivity contribution < 1.29 is 0 Å². The Labute approximate surface area is 187 Å². The zero-order valence-electron chi connectivity index (χ0n) is 17.8. The van der Waals surface area contributed by atoms with Crippen molar-refractivity contribution in [2.45, 2.75) is 55.4 Å². The number of aromatic nitrogens is 2. The van der Waals surface area contributed by atoms with Gasteiger partial charge in [-0.2, -0.15) is 4.98 Å². The first-order valence-corrected chi connectivity index (χ1v) is 11.7. The molecule has 2 aromatic rings. The third-order valence-corrected chi connectivity index (χ3v) is 8.84. The Morgan fingerprint density at radius 3 is 2.60 bits per heavy atom. The highest BCUT2D eigenvalue weighted by atomic mass is 35.5. The van der Waals surface area contributed by atoms with Crippen LogP contribution in [0.1, 0.15) is 38.2 Å². The number of hydrogen-bond acceptors (Lipinski definition) is 6. The van der Waals surface area contributed by atoms with E-state index in [0.717, 1.165) is 36.4 Å². The van der Waals surface area contributed by atoms with Crippen LogP contribution in [0.4, 0.5) is 11.8 Å². The van der Waals surface area contributed by atoms with E-state index < -0.39 is 0 Å². The van der Waals surface area contributed by atoms with Gasteiger partial charge in [0.15, 0.2) is 0 Å². The molecule has 0 unspecified atom stereocenters. The summed E-state index contributed by atoms with van der Waals surface area (Å²) in [6.45, 7) is 5.89. The zero-order valence-corrected chi connectivity index (χ0v) is 19.4. The number of benzene rings is 1. The maximum Gasteiger partial charge on any atom is 0.270 e. The van der Waals surface area contributed by atoms with Crippen LogP contribution in [-0.4, -0.2) is 28.7 Å². The highest BCUT2D eigenvalue weighted by molar-refractivity contribution is 7.99. The molecule has 30 heavy (non-hydrogen) atoms. The molecule has 1 aliphatic carbocycles. The second-order valence-electron chi connectivity index (χ2n) is 8.87. The molecule has 4 N–H and O–H groups in total. The van der Waals surface area contributed by atoms with Crippen LogP contribution >= 0.6 is 23.4 Å². The fourth-order valence-corrected chi connectivity index (χ4v) is 6.21. The fourth-order valence-electron chi connectivity index (χ4n) is 4.97. The molecule has 1 aliphatic heterocycles. The average Bonchev–Trinajstić information content (AvgIpc) is 3.00. The first-order chi connectivity index (χ1) is 14.2. The van der Waals surface area contributed by atoms with Crippen molar-refractivity contribution in [2.75, 3.05) is 23.7 Å². The van der Waals surface area contributed by atoms with Crippen molar-refractivity contribution in [1.29, 1.82) is 0 Å². The number of hydrogen-bond donors (Lipinski definition) is 2. The summed E-state index contributed by atoms with van der Waals surface area (Å²) in [5.41, 5.74) is 13.8. The molecule has 1 saturated carbocycles. The molecule has 1 spiro atoms. The van der Waals surface area contributed by atoms with Crippen LogP contribution in [0, 0.1) is 18.3 Å². The minimum atomic E-state index is -0.147. The van der Waals surface area contributed by atoms with Gasteiger partial charge in [-0.3, -0.25) is 9.36 Å². The third-order valence-electron chi connectivity index (χ3n) is 7.08. The molecule has 0 bridgehead atoms. The second kappa shape index (κ2) is 8.09. The van der Waals surface area contributed by atoms with Gasteiger partial charge in [0.1, 0.15) is 10.7 Å². The molecule has 6 nitrogen and oxygen atoms in total. The van der Waals surface area contributed by atoms with Gasteiger partial charge in [-0.1, -0.05) is 42.4 Å². The van der Waals surface area contributed by atoms with Crippen molar-refractivity contribution >= 4 is 35.1 Å². The number of nitrogens with zero attached hydrogens (tertiary/aromatic N) is 3. The molecular weight excluding hydrogens is 418 g/mol. The predicted molar refractivity (Wildman–Crippen MR) is 124 cm³/mol. The molecule has 0 amide bonds. The van der Waals surface area contributed by atoms with Crippen LogP contribution in [0.25, 0.3) is 0 Å². The molecule has 4 rings (SSSR count). The Morgan fingerprint density at radius 2 is 1.97 bits per heavy atom. The molecule has 2 atom stereocenters. The summed E-state index contributed by atoms with van der Waals surface area (Å²) in [7, 11) is 1.76. The van der Waals surface area contributed by atoms with E-state index in [1.165, 1.54) is 24.6 Å². The van der Waals surface area contributed by atoms with Crippen molar-refractivity contribution in [2.24, 2.45) is 24.1 Å². The van der Waals surface area contributed by atoms with Gasteiger partial charge in [-0.15, -0.1) is 0 Å². The van der Waals surface area contributed by atoms with Gasteiger partial charge >= 0.3 is 0 Å². The number of aryl methyl sites for hydroxylation is 1. The van der Waals surface area contributed by atoms with Gasteiger partial charge in [0.2, 0.25) is 5.95 Å². The third kappa shape index (κ3) is 3.61. The number of anilines is 2. The van der Waals surface area contributed by atoms with Gasteiger partial charge < -0.3 is 16.4 Å². The largest absolute Gasteiger partial charge is 0.382 e. The van der Waals surface area contributed by atoms with Crippen LogP contribution in [0.15, 0.2) is 32.8 Å². The fraction of sp³-hybridized carbons (Fsp3) is 0.545. The maximum absolute atomic E-state index is 13.1. The summed E-state index contributed by atoms with van der Waals surface area (Å²) in [5, 5.41) is 0.636. The summed E-state index contributed by atoms with van der Waals surface area (Å²) in [6.07, 6.45) is 4.47. The van der Waals surface area contributed by atoms with Crippen LogP contribution in [0.5, 0.6) is 0 Å². The zero-order chi connectivity index (χ0) is 21.6. The number of nitrogen functional groups attached to an aromatic ring is 1. The maximum atomic E-state index is 13.1. The SMILES string of the molecule is Cc1cccc(Sc2c(N)nc(N3CCC4(CC[C@@H](C)[C@H]4N)CC3)n(C)c2=O)c1Cl. The van der Waals surface area contributed by atoms with Crippen molar-refractivity contribution in [3.8, 4) is 0 Å². The number of halogens is 1. The number of piperidine rings is 1. The lowest BCUT2D eigenvalue weighted by molar-refractivity contribution is 0.185. The predicted octanol–water partition coefficient (Wildman–Crippen LogP) is 3.82. The first kappa shape index (κ1) is 21.5. The summed E-state index contributed by atoms with van der Waals surface area (Å²) in [5.74, 6) is 1.47. The van der Waals surface area contributed by atoms with E-state index in [-0.39, 0.29) is 22.8 Å². The molecular formula is C22H30ClN5OS. The van der Waals surface area contributed by atoms with Crippen molar-refractivity contribution in [1.82, 2.24) is 9.55 Å². The summed E-state index contributed by atoms with van der Waals surface area (Å²) >= 11 is 7.69. The van der Waals surface area contributed by atoms with E-state index >= 15 is 0 Å². The van der Waals surface area contributed by atoms with Gasteiger partial charge in [-0.25, -0.2) is 0 Å². The van der Waals surface area contributed by atoms with Crippen LogP contribution < -0.4 is 21.9 Å². The lowest BCUT2D eigenvalue weighted by atomic mass is 9.73. The van der Waals surface area contributed by atoms with Gasteiger partial charge in [0, 0.05) is 31.1 Å². The highest BCUT2D eigenvalue weighted by Gasteiger charge is 2.46. The Bertz CT molecular complexity index is 1020. The van der Waals surface area contributed by atoms with Crippen molar-refractivity contribution in [3.05, 3.63) is 39.1 Å². The topological polar surface area (TPSA) is 90.2 Å². The van der Waals surface area contributed by atoms with Crippen LogP contribution in [-0.2, 0) is 7.05 Å². The lowest BCUT2D eigenvalue weighted by Gasteiger charge is -2.43. The molecule has 1 saturated heterocycles. The van der Waals surface area contributed by atoms with Crippen LogP contribution in [0.3, 0.4) is 0 Å². The molecule has 1 aromatic carbocycles. The van der Waals surface area contributed by atoms with Gasteiger partial charge in [0.25, 0.3) is 5.56 Å². The Morgan fingerprint density at radius 1 is 1.27 bits per heavy atom. The van der Waals surface area contributed by atoms with E-state index in [1.54, 1.807) is 11.6 Å². The number of rotatable bonds is 3. The molecule has 2 aliphatic rings. The average molecular weight is 448 g/mol. The minimum absolute atomic E-state index is 0.147. The molecule has 162 valence electrons. The highest BCUT2D eigenvalue weighted by Crippen LogP contribution is 2.48. The molecule has 8 heteroatoms.